The Hall–Kier alpha value is -2.25. The molecule has 0 aromatic carbocycles. The van der Waals surface area contributed by atoms with E-state index in [0.29, 0.717) is 13.1 Å². The maximum absolute atomic E-state index is 13.2. The zero-order valence-corrected chi connectivity index (χ0v) is 9.04. The van der Waals surface area contributed by atoms with Crippen molar-refractivity contribution in [1.29, 1.82) is 0 Å². The van der Waals surface area contributed by atoms with Crippen LogP contribution in [0, 0.1) is 5.82 Å². The molecule has 2 heterocycles. The lowest BCUT2D eigenvalue weighted by Gasteiger charge is -2.06. The van der Waals surface area contributed by atoms with Crippen LogP contribution in [0.1, 0.15) is 6.42 Å². The molecule has 0 atom stereocenters. The van der Waals surface area contributed by atoms with Gasteiger partial charge in [0.05, 0.1) is 12.4 Å². The van der Waals surface area contributed by atoms with E-state index in [-0.39, 0.29) is 11.8 Å². The number of nitrogens with zero attached hydrogens (tertiary/aromatic N) is 5. The molecule has 0 unspecified atom stereocenters. The van der Waals surface area contributed by atoms with Crippen molar-refractivity contribution >= 4 is 11.8 Å². The number of halogens is 1. The minimum atomic E-state index is -0.514. The van der Waals surface area contributed by atoms with E-state index in [4.69, 9.17) is 5.73 Å². The van der Waals surface area contributed by atoms with Gasteiger partial charge in [-0.3, -0.25) is 4.68 Å². The highest BCUT2D eigenvalue weighted by atomic mass is 19.1. The third kappa shape index (κ3) is 3.10. The summed E-state index contributed by atoms with van der Waals surface area (Å²) < 4.78 is 14.9. The van der Waals surface area contributed by atoms with E-state index in [1.165, 1.54) is 0 Å². The monoisotopic (exact) mass is 237 g/mol. The lowest BCUT2D eigenvalue weighted by atomic mass is 10.4. The topological polar surface area (TPSA) is 94.5 Å². The summed E-state index contributed by atoms with van der Waals surface area (Å²) in [7, 11) is 0. The SMILES string of the molecule is Nc1ncc(F)c(NCCCn2ccnn2)n1. The van der Waals surface area contributed by atoms with Crippen molar-refractivity contribution < 1.29 is 4.39 Å². The van der Waals surface area contributed by atoms with E-state index < -0.39 is 5.82 Å². The molecule has 3 N–H and O–H groups in total. The lowest BCUT2D eigenvalue weighted by molar-refractivity contribution is 0.567. The number of aromatic nitrogens is 5. The molecule has 0 spiro atoms. The summed E-state index contributed by atoms with van der Waals surface area (Å²) in [6.07, 6.45) is 5.19. The van der Waals surface area contributed by atoms with Crippen molar-refractivity contribution in [1.82, 2.24) is 25.0 Å². The van der Waals surface area contributed by atoms with Crippen molar-refractivity contribution in [2.24, 2.45) is 0 Å². The molecule has 0 aliphatic heterocycles. The first-order valence-corrected chi connectivity index (χ1v) is 5.11. The van der Waals surface area contributed by atoms with Crippen molar-refractivity contribution in [3.63, 3.8) is 0 Å². The summed E-state index contributed by atoms with van der Waals surface area (Å²) in [5.74, 6) is -0.346. The summed E-state index contributed by atoms with van der Waals surface area (Å²) in [6, 6.07) is 0. The number of rotatable bonds is 5. The van der Waals surface area contributed by atoms with E-state index >= 15 is 0 Å². The van der Waals surface area contributed by atoms with E-state index in [1.54, 1.807) is 17.1 Å². The van der Waals surface area contributed by atoms with Crippen molar-refractivity contribution in [2.75, 3.05) is 17.6 Å². The first-order chi connectivity index (χ1) is 8.25. The first-order valence-electron chi connectivity index (χ1n) is 5.11. The molecule has 0 bridgehead atoms. The number of hydrogen-bond acceptors (Lipinski definition) is 6. The zero-order chi connectivity index (χ0) is 12.1. The highest BCUT2D eigenvalue weighted by Gasteiger charge is 2.04. The number of aryl methyl sites for hydroxylation is 1. The van der Waals surface area contributed by atoms with Crippen LogP contribution in [0.15, 0.2) is 18.6 Å². The van der Waals surface area contributed by atoms with Crippen LogP contribution in [0.4, 0.5) is 16.2 Å². The fraction of sp³-hybridized carbons (Fsp3) is 0.333. The van der Waals surface area contributed by atoms with Crippen LogP contribution in [-0.4, -0.2) is 31.5 Å². The second-order valence-corrected chi connectivity index (χ2v) is 3.37. The van der Waals surface area contributed by atoms with Gasteiger partial charge in [0.25, 0.3) is 0 Å². The van der Waals surface area contributed by atoms with Gasteiger partial charge in [-0.15, -0.1) is 5.10 Å². The summed E-state index contributed by atoms with van der Waals surface area (Å²) in [5.41, 5.74) is 5.36. The van der Waals surface area contributed by atoms with E-state index in [9.17, 15) is 4.39 Å². The Morgan fingerprint density at radius 3 is 3.12 bits per heavy atom. The van der Waals surface area contributed by atoms with E-state index in [0.717, 1.165) is 12.6 Å². The Labute approximate surface area is 96.9 Å². The van der Waals surface area contributed by atoms with Gasteiger partial charge < -0.3 is 11.1 Å². The summed E-state index contributed by atoms with van der Waals surface area (Å²) in [5, 5.41) is 10.3. The second kappa shape index (κ2) is 5.19. The molecule has 0 saturated carbocycles. The molecule has 0 saturated heterocycles. The molecule has 90 valence electrons. The van der Waals surface area contributed by atoms with Crippen molar-refractivity contribution in [2.45, 2.75) is 13.0 Å². The van der Waals surface area contributed by atoms with Crippen LogP contribution < -0.4 is 11.1 Å². The highest BCUT2D eigenvalue weighted by molar-refractivity contribution is 5.38. The Morgan fingerprint density at radius 1 is 1.47 bits per heavy atom. The van der Waals surface area contributed by atoms with Gasteiger partial charge in [-0.05, 0) is 6.42 Å². The van der Waals surface area contributed by atoms with Gasteiger partial charge in [-0.1, -0.05) is 5.21 Å². The first kappa shape index (κ1) is 11.2. The Kier molecular flexibility index (Phi) is 3.43. The molecule has 2 rings (SSSR count). The van der Waals surface area contributed by atoms with Gasteiger partial charge in [0.15, 0.2) is 11.6 Å². The molecular formula is C9H12FN7. The van der Waals surface area contributed by atoms with Gasteiger partial charge >= 0.3 is 0 Å². The predicted molar refractivity (Wildman–Crippen MR) is 59.5 cm³/mol. The average Bonchev–Trinajstić information content (AvgIpc) is 2.82. The maximum atomic E-state index is 13.2. The van der Waals surface area contributed by atoms with Gasteiger partial charge in [0.2, 0.25) is 5.95 Å². The summed E-state index contributed by atoms with van der Waals surface area (Å²) in [6.45, 7) is 1.27. The molecule has 2 aromatic heterocycles. The molecule has 8 heteroatoms. The molecule has 7 nitrogen and oxygen atoms in total. The standard InChI is InChI=1S/C9H12FN7/c10-7-6-13-9(11)15-8(7)12-2-1-4-17-5-3-14-16-17/h3,5-6H,1-2,4H2,(H3,11,12,13,15). The second-order valence-electron chi connectivity index (χ2n) is 3.37. The third-order valence-electron chi connectivity index (χ3n) is 2.09. The molecule has 0 aliphatic rings. The molecule has 17 heavy (non-hydrogen) atoms. The third-order valence-corrected chi connectivity index (χ3v) is 2.09. The van der Waals surface area contributed by atoms with Crippen LogP contribution >= 0.6 is 0 Å². The maximum Gasteiger partial charge on any atom is 0.222 e. The van der Waals surface area contributed by atoms with Gasteiger partial charge in [-0.25, -0.2) is 9.37 Å². The normalized spacial score (nSPS) is 10.4. The largest absolute Gasteiger partial charge is 0.368 e. The molecule has 0 aliphatic carbocycles. The molecular weight excluding hydrogens is 225 g/mol. The number of nitrogen functional groups attached to an aromatic ring is 1. The number of hydrogen-bond donors (Lipinski definition) is 2. The average molecular weight is 237 g/mol. The van der Waals surface area contributed by atoms with Gasteiger partial charge in [0.1, 0.15) is 0 Å². The number of nitrogens with one attached hydrogen (secondary N) is 1. The fourth-order valence-corrected chi connectivity index (χ4v) is 1.30. The minimum absolute atomic E-state index is 0.0465. The zero-order valence-electron chi connectivity index (χ0n) is 9.04. The van der Waals surface area contributed by atoms with Gasteiger partial charge in [0, 0.05) is 19.3 Å². The highest BCUT2D eigenvalue weighted by Crippen LogP contribution is 2.09. The smallest absolute Gasteiger partial charge is 0.222 e. The molecule has 0 amide bonds. The minimum Gasteiger partial charge on any atom is -0.368 e. The summed E-state index contributed by atoms with van der Waals surface area (Å²) >= 11 is 0. The lowest BCUT2D eigenvalue weighted by Crippen LogP contribution is -2.10. The van der Waals surface area contributed by atoms with Crippen molar-refractivity contribution in [3.05, 3.63) is 24.4 Å². The Morgan fingerprint density at radius 2 is 2.35 bits per heavy atom. The molecule has 2 aromatic rings. The number of nitrogens with two attached hydrogens (primary N) is 1. The van der Waals surface area contributed by atoms with Crippen LogP contribution in [0.25, 0.3) is 0 Å². The molecule has 0 fully saturated rings. The van der Waals surface area contributed by atoms with E-state index in [2.05, 4.69) is 25.6 Å². The van der Waals surface area contributed by atoms with Crippen LogP contribution in [0.5, 0.6) is 0 Å². The summed E-state index contributed by atoms with van der Waals surface area (Å²) in [4.78, 5) is 7.29. The van der Waals surface area contributed by atoms with Gasteiger partial charge in [-0.2, -0.15) is 4.98 Å². The van der Waals surface area contributed by atoms with E-state index in [1.807, 2.05) is 0 Å². The van der Waals surface area contributed by atoms with Crippen LogP contribution in [0.2, 0.25) is 0 Å². The predicted octanol–water partition coefficient (Wildman–Crippen LogP) is 0.292. The van der Waals surface area contributed by atoms with Crippen LogP contribution in [-0.2, 0) is 6.54 Å². The Bertz CT molecular complexity index is 470. The number of anilines is 2. The fourth-order valence-electron chi connectivity index (χ4n) is 1.30. The van der Waals surface area contributed by atoms with Crippen LogP contribution in [0.3, 0.4) is 0 Å². The molecule has 0 radical (unpaired) electrons. The van der Waals surface area contributed by atoms with Crippen molar-refractivity contribution in [3.8, 4) is 0 Å². The Balaban J connectivity index is 1.80. The quantitative estimate of drug-likeness (QED) is 0.726.